The normalized spacial score (nSPS) is 12.2. The zero-order valence-electron chi connectivity index (χ0n) is 17.2. The van der Waals surface area contributed by atoms with Crippen LogP contribution in [0.15, 0.2) is 47.6 Å². The molecule has 0 fully saturated rings. The molecule has 0 atom stereocenters. The van der Waals surface area contributed by atoms with Gasteiger partial charge < -0.3 is 0 Å². The number of hydrogen-bond donors (Lipinski definition) is 0. The quantitative estimate of drug-likeness (QED) is 0.513. The standard InChI is InChI=1S/C20H25F2N5O2S/c1-4-26-15(2)18(12-23-26)14-25(11-10-17-8-6-5-7-9-17)30(28,29)19-13-24-27(16(19)3)20(21)22/h5-9,12-13,20H,4,10-11,14H2,1-3H3. The van der Waals surface area contributed by atoms with Crippen molar-refractivity contribution in [2.24, 2.45) is 0 Å². The van der Waals surface area contributed by atoms with E-state index in [0.717, 1.165) is 23.0 Å². The molecular formula is C20H25F2N5O2S. The molecule has 162 valence electrons. The number of benzene rings is 1. The Hall–Kier alpha value is -2.59. The fourth-order valence-corrected chi connectivity index (χ4v) is 4.89. The van der Waals surface area contributed by atoms with Gasteiger partial charge in [0, 0.05) is 30.9 Å². The zero-order valence-corrected chi connectivity index (χ0v) is 18.0. The van der Waals surface area contributed by atoms with Crippen LogP contribution in [0.3, 0.4) is 0 Å². The smallest absolute Gasteiger partial charge is 0.270 e. The minimum absolute atomic E-state index is 0.0873. The summed E-state index contributed by atoms with van der Waals surface area (Å²) >= 11 is 0. The Morgan fingerprint density at radius 3 is 2.33 bits per heavy atom. The van der Waals surface area contributed by atoms with Gasteiger partial charge in [0.15, 0.2) is 0 Å². The summed E-state index contributed by atoms with van der Waals surface area (Å²) in [5.74, 6) is 0. The Balaban J connectivity index is 1.95. The summed E-state index contributed by atoms with van der Waals surface area (Å²) in [6.45, 7) is 3.23. The van der Waals surface area contributed by atoms with Gasteiger partial charge in [-0.1, -0.05) is 30.3 Å². The summed E-state index contributed by atoms with van der Waals surface area (Å²) < 4.78 is 56.6. The van der Waals surface area contributed by atoms with Crippen molar-refractivity contribution >= 4 is 10.0 Å². The molecule has 0 N–H and O–H groups in total. The van der Waals surface area contributed by atoms with Crippen LogP contribution in [0.25, 0.3) is 0 Å². The van der Waals surface area contributed by atoms with E-state index in [2.05, 4.69) is 10.2 Å². The van der Waals surface area contributed by atoms with Gasteiger partial charge in [-0.15, -0.1) is 0 Å². The molecule has 2 heterocycles. The number of halogens is 2. The van der Waals surface area contributed by atoms with Crippen molar-refractivity contribution in [1.29, 1.82) is 0 Å². The van der Waals surface area contributed by atoms with Crippen LogP contribution in [0.4, 0.5) is 8.78 Å². The van der Waals surface area contributed by atoms with Gasteiger partial charge in [0.2, 0.25) is 10.0 Å². The Bertz CT molecular complexity index is 1090. The fraction of sp³-hybridized carbons (Fsp3) is 0.400. The summed E-state index contributed by atoms with van der Waals surface area (Å²) in [5.41, 5.74) is 2.54. The lowest BCUT2D eigenvalue weighted by molar-refractivity contribution is 0.0541. The predicted octanol–water partition coefficient (Wildman–Crippen LogP) is 3.55. The van der Waals surface area contributed by atoms with Gasteiger partial charge in [-0.05, 0) is 32.8 Å². The maximum Gasteiger partial charge on any atom is 0.333 e. The van der Waals surface area contributed by atoms with Gasteiger partial charge in [0.05, 0.1) is 18.1 Å². The number of rotatable bonds is 9. The molecule has 0 spiro atoms. The SMILES string of the molecule is CCn1ncc(CN(CCc2ccccc2)S(=O)(=O)c2cnn(C(F)F)c2C)c1C. The minimum atomic E-state index is -4.05. The van der Waals surface area contributed by atoms with E-state index >= 15 is 0 Å². The van der Waals surface area contributed by atoms with Gasteiger partial charge in [-0.3, -0.25) is 4.68 Å². The van der Waals surface area contributed by atoms with Crippen LogP contribution in [-0.4, -0.2) is 38.8 Å². The summed E-state index contributed by atoms with van der Waals surface area (Å²) in [6.07, 6.45) is 3.14. The van der Waals surface area contributed by atoms with E-state index in [4.69, 9.17) is 0 Å². The number of nitrogens with zero attached hydrogens (tertiary/aromatic N) is 5. The molecule has 30 heavy (non-hydrogen) atoms. The Morgan fingerprint density at radius 1 is 1.07 bits per heavy atom. The molecule has 0 aliphatic heterocycles. The second-order valence-corrected chi connectivity index (χ2v) is 8.87. The van der Waals surface area contributed by atoms with E-state index in [-0.39, 0.29) is 23.7 Å². The van der Waals surface area contributed by atoms with Crippen LogP contribution in [-0.2, 0) is 29.5 Å². The third-order valence-electron chi connectivity index (χ3n) is 5.15. The Kier molecular flexibility index (Phi) is 6.67. The first-order valence-electron chi connectivity index (χ1n) is 9.63. The fourth-order valence-electron chi connectivity index (χ4n) is 3.33. The van der Waals surface area contributed by atoms with E-state index in [1.807, 2.05) is 44.2 Å². The molecule has 0 radical (unpaired) electrons. The number of aryl methyl sites for hydroxylation is 1. The molecule has 1 aromatic carbocycles. The summed E-state index contributed by atoms with van der Waals surface area (Å²) in [6, 6.07) is 9.51. The maximum absolute atomic E-state index is 13.4. The van der Waals surface area contributed by atoms with Crippen molar-refractivity contribution in [3.05, 3.63) is 65.2 Å². The molecule has 0 bridgehead atoms. The average Bonchev–Trinajstić information content (AvgIpc) is 3.28. The average molecular weight is 438 g/mol. The molecule has 0 amide bonds. The summed E-state index contributed by atoms with van der Waals surface area (Å²) in [4.78, 5) is -0.212. The Morgan fingerprint density at radius 2 is 1.77 bits per heavy atom. The first-order valence-corrected chi connectivity index (χ1v) is 11.1. The van der Waals surface area contributed by atoms with E-state index in [9.17, 15) is 17.2 Å². The zero-order chi connectivity index (χ0) is 21.9. The van der Waals surface area contributed by atoms with Gasteiger partial charge in [0.1, 0.15) is 4.90 Å². The van der Waals surface area contributed by atoms with Crippen LogP contribution in [0, 0.1) is 13.8 Å². The first-order chi connectivity index (χ1) is 14.3. The molecule has 7 nitrogen and oxygen atoms in total. The van der Waals surface area contributed by atoms with E-state index in [1.54, 1.807) is 10.9 Å². The van der Waals surface area contributed by atoms with Gasteiger partial charge in [0.25, 0.3) is 0 Å². The number of aromatic nitrogens is 4. The van der Waals surface area contributed by atoms with Gasteiger partial charge >= 0.3 is 6.55 Å². The van der Waals surface area contributed by atoms with Crippen molar-refractivity contribution in [2.75, 3.05) is 6.54 Å². The van der Waals surface area contributed by atoms with Crippen LogP contribution in [0.1, 0.15) is 36.0 Å². The minimum Gasteiger partial charge on any atom is -0.270 e. The number of alkyl halides is 2. The van der Waals surface area contributed by atoms with Crippen molar-refractivity contribution in [1.82, 2.24) is 23.9 Å². The largest absolute Gasteiger partial charge is 0.333 e. The topological polar surface area (TPSA) is 73.0 Å². The monoisotopic (exact) mass is 437 g/mol. The lowest BCUT2D eigenvalue weighted by Crippen LogP contribution is -2.33. The third-order valence-corrected chi connectivity index (χ3v) is 7.09. The van der Waals surface area contributed by atoms with Crippen molar-refractivity contribution in [2.45, 2.75) is 51.7 Å². The lowest BCUT2D eigenvalue weighted by Gasteiger charge is -2.22. The van der Waals surface area contributed by atoms with Crippen LogP contribution >= 0.6 is 0 Å². The molecule has 2 aromatic heterocycles. The first kappa shape index (κ1) is 22.1. The highest BCUT2D eigenvalue weighted by Gasteiger charge is 2.30. The van der Waals surface area contributed by atoms with E-state index in [0.29, 0.717) is 17.6 Å². The number of sulfonamides is 1. The highest BCUT2D eigenvalue weighted by Crippen LogP contribution is 2.25. The second kappa shape index (κ2) is 9.05. The van der Waals surface area contributed by atoms with Crippen LogP contribution in [0.5, 0.6) is 0 Å². The molecule has 10 heteroatoms. The number of hydrogen-bond acceptors (Lipinski definition) is 4. The Labute approximate surface area is 175 Å². The van der Waals surface area contributed by atoms with E-state index < -0.39 is 16.6 Å². The van der Waals surface area contributed by atoms with Crippen molar-refractivity contribution in [3.63, 3.8) is 0 Å². The third kappa shape index (κ3) is 4.44. The second-order valence-electron chi connectivity index (χ2n) is 6.96. The molecule has 3 aromatic rings. The summed E-state index contributed by atoms with van der Waals surface area (Å²) in [7, 11) is -4.05. The van der Waals surface area contributed by atoms with Gasteiger partial charge in [-0.25, -0.2) is 13.1 Å². The highest BCUT2D eigenvalue weighted by molar-refractivity contribution is 7.89. The summed E-state index contributed by atoms with van der Waals surface area (Å²) in [5, 5.41) is 7.85. The van der Waals surface area contributed by atoms with Crippen LogP contribution < -0.4 is 0 Å². The molecule has 3 rings (SSSR count). The highest BCUT2D eigenvalue weighted by atomic mass is 32.2. The lowest BCUT2D eigenvalue weighted by atomic mass is 10.1. The molecule has 0 saturated heterocycles. The predicted molar refractivity (Wildman–Crippen MR) is 109 cm³/mol. The van der Waals surface area contributed by atoms with E-state index in [1.165, 1.54) is 11.2 Å². The van der Waals surface area contributed by atoms with Crippen molar-refractivity contribution < 1.29 is 17.2 Å². The molecule has 0 saturated carbocycles. The molecule has 0 unspecified atom stereocenters. The van der Waals surface area contributed by atoms with Crippen molar-refractivity contribution in [3.8, 4) is 0 Å². The maximum atomic E-state index is 13.4. The molecule has 0 aliphatic carbocycles. The van der Waals surface area contributed by atoms with Crippen LogP contribution in [0.2, 0.25) is 0 Å². The molecular weight excluding hydrogens is 412 g/mol. The van der Waals surface area contributed by atoms with Gasteiger partial charge in [-0.2, -0.15) is 23.3 Å². The molecule has 0 aliphatic rings.